The third-order valence-corrected chi connectivity index (χ3v) is 7.14. The molecule has 13 heteroatoms. The normalized spacial score (nSPS) is 17.1. The van der Waals surface area contributed by atoms with Crippen LogP contribution in [0.5, 0.6) is 5.88 Å². The summed E-state index contributed by atoms with van der Waals surface area (Å²) < 4.78 is 55.7. The van der Waals surface area contributed by atoms with Crippen LogP contribution in [-0.2, 0) is 9.53 Å². The van der Waals surface area contributed by atoms with Gasteiger partial charge in [0.25, 0.3) is 12.3 Å². The molecule has 2 amide bonds. The van der Waals surface area contributed by atoms with Crippen LogP contribution in [-0.4, -0.2) is 64.3 Å². The number of carbonyl (C=O) groups excluding carboxylic acids is 2. The number of nitrogens with zero attached hydrogens (tertiary/aromatic N) is 5. The first-order chi connectivity index (χ1) is 19.8. The smallest absolute Gasteiger partial charge is 0.266 e. The molecule has 2 fully saturated rings. The average Bonchev–Trinajstić information content (AvgIpc) is 3.74. The van der Waals surface area contributed by atoms with Gasteiger partial charge in [-0.1, -0.05) is 0 Å². The number of pyridine rings is 1. The Morgan fingerprint density at radius 1 is 1.17 bits per heavy atom. The molecule has 0 radical (unpaired) electrons. The van der Waals surface area contributed by atoms with Gasteiger partial charge in [-0.15, -0.1) is 5.10 Å². The molecule has 5 heterocycles. The lowest BCUT2D eigenvalue weighted by Gasteiger charge is -2.17. The fourth-order valence-electron chi connectivity index (χ4n) is 5.00. The van der Waals surface area contributed by atoms with Crippen LogP contribution in [0.4, 0.5) is 19.0 Å². The van der Waals surface area contributed by atoms with Gasteiger partial charge < -0.3 is 14.8 Å². The van der Waals surface area contributed by atoms with Gasteiger partial charge in [-0.2, -0.15) is 0 Å². The van der Waals surface area contributed by atoms with Gasteiger partial charge in [0.05, 0.1) is 36.2 Å². The summed E-state index contributed by atoms with van der Waals surface area (Å²) in [4.78, 5) is 34.9. The van der Waals surface area contributed by atoms with Crippen LogP contribution < -0.4 is 15.0 Å². The number of hydrogen-bond acceptors (Lipinski definition) is 7. The lowest BCUT2D eigenvalue weighted by atomic mass is 10.0. The van der Waals surface area contributed by atoms with Crippen molar-refractivity contribution in [1.29, 1.82) is 0 Å². The number of benzene rings is 1. The number of imidazole rings is 1. The maximum atomic E-state index is 15.4. The molecule has 1 unspecified atom stereocenters. The van der Waals surface area contributed by atoms with E-state index in [2.05, 4.69) is 20.4 Å². The van der Waals surface area contributed by atoms with Crippen molar-refractivity contribution in [2.24, 2.45) is 0 Å². The van der Waals surface area contributed by atoms with Crippen molar-refractivity contribution in [1.82, 2.24) is 24.9 Å². The third kappa shape index (κ3) is 4.97. The van der Waals surface area contributed by atoms with Gasteiger partial charge in [0.2, 0.25) is 11.8 Å². The predicted molar refractivity (Wildman–Crippen MR) is 141 cm³/mol. The number of rotatable bonds is 7. The minimum Gasteiger partial charge on any atom is -0.470 e. The van der Waals surface area contributed by atoms with Gasteiger partial charge in [0, 0.05) is 49.3 Å². The molecule has 0 aliphatic carbocycles. The second-order valence-corrected chi connectivity index (χ2v) is 9.74. The summed E-state index contributed by atoms with van der Waals surface area (Å²) in [5, 5.41) is 6.97. The molecule has 2 aliphatic heterocycles. The molecule has 0 bridgehead atoms. The number of ether oxygens (including phenoxy) is 2. The number of fused-ring (bicyclic) bond motifs is 1. The van der Waals surface area contributed by atoms with Crippen molar-refractivity contribution >= 4 is 23.3 Å². The molecule has 2 aliphatic rings. The van der Waals surface area contributed by atoms with Crippen molar-refractivity contribution in [2.45, 2.75) is 31.8 Å². The quantitative estimate of drug-likeness (QED) is 0.357. The summed E-state index contributed by atoms with van der Waals surface area (Å²) in [5.74, 6) is -1.08. The van der Waals surface area contributed by atoms with E-state index < -0.39 is 23.7 Å². The molecule has 6 rings (SSSR count). The van der Waals surface area contributed by atoms with Crippen molar-refractivity contribution in [3.8, 4) is 28.3 Å². The Bertz CT molecular complexity index is 1640. The number of carbonyl (C=O) groups is 2. The molecule has 2 saturated heterocycles. The van der Waals surface area contributed by atoms with E-state index in [1.807, 2.05) is 0 Å². The monoisotopic (exact) mass is 566 g/mol. The molecular formula is C28H25F3N6O4. The minimum absolute atomic E-state index is 0.0197. The molecule has 1 atom stereocenters. The van der Waals surface area contributed by atoms with E-state index >= 15 is 4.39 Å². The van der Waals surface area contributed by atoms with Gasteiger partial charge in [-0.25, -0.2) is 27.7 Å². The molecule has 10 nitrogen and oxygen atoms in total. The molecule has 1 aromatic carbocycles. The fourth-order valence-corrected chi connectivity index (χ4v) is 5.00. The highest BCUT2D eigenvalue weighted by molar-refractivity contribution is 5.96. The molecule has 1 N–H and O–H groups in total. The van der Waals surface area contributed by atoms with E-state index in [4.69, 9.17) is 9.47 Å². The van der Waals surface area contributed by atoms with E-state index in [-0.39, 0.29) is 40.4 Å². The molecule has 3 aromatic heterocycles. The summed E-state index contributed by atoms with van der Waals surface area (Å²) in [6, 6.07) is 7.23. The van der Waals surface area contributed by atoms with Crippen LogP contribution in [0.15, 0.2) is 42.7 Å². The van der Waals surface area contributed by atoms with E-state index in [0.717, 1.165) is 12.5 Å². The van der Waals surface area contributed by atoms with E-state index in [9.17, 15) is 18.4 Å². The summed E-state index contributed by atoms with van der Waals surface area (Å²) in [6.07, 6.45) is 1.36. The Kier molecular flexibility index (Phi) is 7.03. The molecule has 0 saturated carbocycles. The predicted octanol–water partition coefficient (Wildman–Crippen LogP) is 4.19. The van der Waals surface area contributed by atoms with Gasteiger partial charge in [-0.05, 0) is 36.8 Å². The van der Waals surface area contributed by atoms with Crippen LogP contribution in [0, 0.1) is 5.82 Å². The average molecular weight is 567 g/mol. The Balaban J connectivity index is 1.47. The van der Waals surface area contributed by atoms with Crippen LogP contribution in [0.2, 0.25) is 0 Å². The number of anilines is 1. The summed E-state index contributed by atoms with van der Waals surface area (Å²) in [5.41, 5.74) is 0.230. The van der Waals surface area contributed by atoms with Crippen molar-refractivity contribution < 1.29 is 32.2 Å². The largest absolute Gasteiger partial charge is 0.470 e. The molecule has 41 heavy (non-hydrogen) atoms. The lowest BCUT2D eigenvalue weighted by molar-refractivity contribution is -0.117. The second-order valence-electron chi connectivity index (χ2n) is 9.74. The highest BCUT2D eigenvalue weighted by atomic mass is 19.3. The number of aromatic nitrogens is 4. The topological polar surface area (TPSA) is 111 Å². The first-order valence-corrected chi connectivity index (χ1v) is 13.1. The van der Waals surface area contributed by atoms with Crippen LogP contribution in [0.25, 0.3) is 28.0 Å². The molecule has 4 aromatic rings. The minimum atomic E-state index is -3.15. The second kappa shape index (κ2) is 10.8. The number of hydrogen-bond donors (Lipinski definition) is 1. The van der Waals surface area contributed by atoms with E-state index in [1.165, 1.54) is 23.8 Å². The third-order valence-electron chi connectivity index (χ3n) is 7.14. The number of alkyl halides is 2. The number of halogens is 3. The SMILES string of the molecule is CNC(=O)c1cc(-c2cnc3cc(-c4ccc(N5CCCC5=O)nc4)c(OC4CCOC4)nn23)c(F)c(C(F)F)c1. The zero-order valence-corrected chi connectivity index (χ0v) is 21.9. The van der Waals surface area contributed by atoms with Crippen molar-refractivity contribution in [3.63, 3.8) is 0 Å². The molecular weight excluding hydrogens is 541 g/mol. The van der Waals surface area contributed by atoms with Gasteiger partial charge in [0.1, 0.15) is 17.7 Å². The van der Waals surface area contributed by atoms with E-state index in [0.29, 0.717) is 49.5 Å². The van der Waals surface area contributed by atoms with Crippen LogP contribution in [0.3, 0.4) is 0 Å². The Morgan fingerprint density at radius 2 is 2.02 bits per heavy atom. The zero-order chi connectivity index (χ0) is 28.7. The Hall–Kier alpha value is -4.52. The summed E-state index contributed by atoms with van der Waals surface area (Å²) in [6.45, 7) is 1.48. The van der Waals surface area contributed by atoms with Gasteiger partial charge in [0.15, 0.2) is 5.65 Å². The van der Waals surface area contributed by atoms with Crippen LogP contribution in [0.1, 0.15) is 41.6 Å². The first kappa shape index (κ1) is 26.7. The highest BCUT2D eigenvalue weighted by Crippen LogP contribution is 2.36. The molecule has 212 valence electrons. The summed E-state index contributed by atoms with van der Waals surface area (Å²) >= 11 is 0. The Labute approximate surface area is 232 Å². The highest BCUT2D eigenvalue weighted by Gasteiger charge is 2.27. The molecule has 0 spiro atoms. The first-order valence-electron chi connectivity index (χ1n) is 13.1. The van der Waals surface area contributed by atoms with Crippen molar-refractivity contribution in [3.05, 3.63) is 59.7 Å². The fraction of sp³-hybridized carbons (Fsp3) is 0.321. The Morgan fingerprint density at radius 3 is 2.68 bits per heavy atom. The lowest BCUT2D eigenvalue weighted by Crippen LogP contribution is -2.24. The van der Waals surface area contributed by atoms with Gasteiger partial charge in [-0.3, -0.25) is 14.5 Å². The number of nitrogens with one attached hydrogen (secondary N) is 1. The standard InChI is InChI=1S/C28H25F3N6O4/c1-32-27(39)16-9-19(25(29)20(10-16)26(30)31)21-13-34-23-11-18(28(35-37(21)23)41-17-6-8-40-14-17)15-4-5-22(33-12-15)36-7-2-3-24(36)38/h4-5,9-13,17,26H,2-3,6-8,14H2,1H3,(H,32,39). The van der Waals surface area contributed by atoms with Crippen molar-refractivity contribution in [2.75, 3.05) is 31.7 Å². The maximum Gasteiger partial charge on any atom is 0.266 e. The summed E-state index contributed by atoms with van der Waals surface area (Å²) in [7, 11) is 1.35. The number of amides is 2. The zero-order valence-electron chi connectivity index (χ0n) is 21.9. The van der Waals surface area contributed by atoms with Gasteiger partial charge >= 0.3 is 0 Å². The maximum absolute atomic E-state index is 15.4. The van der Waals surface area contributed by atoms with Crippen LogP contribution >= 0.6 is 0 Å². The van der Waals surface area contributed by atoms with E-state index in [1.54, 1.807) is 29.3 Å².